The number of fused-ring (bicyclic) bond motifs is 1. The first-order valence-corrected chi connectivity index (χ1v) is 7.19. The molecule has 0 spiro atoms. The van der Waals surface area contributed by atoms with Gasteiger partial charge >= 0.3 is 12.0 Å². The maximum Gasteiger partial charge on any atom is 0.317 e. The van der Waals surface area contributed by atoms with Crippen molar-refractivity contribution in [2.75, 3.05) is 26.2 Å². The fourth-order valence-electron chi connectivity index (χ4n) is 3.10. The van der Waals surface area contributed by atoms with E-state index in [1.54, 1.807) is 0 Å². The molecule has 0 saturated carbocycles. The highest BCUT2D eigenvalue weighted by Crippen LogP contribution is 2.18. The molecule has 2 saturated heterocycles. The summed E-state index contributed by atoms with van der Waals surface area (Å²) in [6.45, 7) is 3.83. The fourth-order valence-corrected chi connectivity index (χ4v) is 3.10. The lowest BCUT2D eigenvalue weighted by Crippen LogP contribution is -2.51. The Hall–Kier alpha value is -2.08. The molecule has 0 aromatic heterocycles. The van der Waals surface area contributed by atoms with Crippen LogP contribution in [0.5, 0.6) is 0 Å². The van der Waals surface area contributed by atoms with Crippen molar-refractivity contribution in [3.63, 3.8) is 0 Å². The van der Waals surface area contributed by atoms with Gasteiger partial charge in [-0.3, -0.25) is 9.69 Å². The SMILES string of the molecule is O=C(O)Cc1ccccc1CN1CCN2C(=O)NCC2C1. The molecule has 1 atom stereocenters. The zero-order valence-corrected chi connectivity index (χ0v) is 11.8. The van der Waals surface area contributed by atoms with Gasteiger partial charge in [0, 0.05) is 32.7 Å². The Morgan fingerprint density at radius 1 is 1.29 bits per heavy atom. The van der Waals surface area contributed by atoms with Crippen LogP contribution in [0.25, 0.3) is 0 Å². The third-order valence-electron chi connectivity index (χ3n) is 4.17. The molecule has 0 aliphatic carbocycles. The molecule has 2 aliphatic heterocycles. The van der Waals surface area contributed by atoms with Crippen molar-refractivity contribution >= 4 is 12.0 Å². The van der Waals surface area contributed by atoms with Crippen molar-refractivity contribution in [1.29, 1.82) is 0 Å². The zero-order chi connectivity index (χ0) is 14.8. The molecule has 1 aromatic carbocycles. The summed E-state index contributed by atoms with van der Waals surface area (Å²) >= 11 is 0. The second-order valence-corrected chi connectivity index (χ2v) is 5.61. The number of carboxylic acids is 1. The summed E-state index contributed by atoms with van der Waals surface area (Å²) in [5.74, 6) is -0.808. The van der Waals surface area contributed by atoms with E-state index < -0.39 is 5.97 Å². The van der Waals surface area contributed by atoms with Gasteiger partial charge in [0.2, 0.25) is 0 Å². The summed E-state index contributed by atoms with van der Waals surface area (Å²) in [6.07, 6.45) is 0.0552. The van der Waals surface area contributed by atoms with E-state index in [0.29, 0.717) is 6.54 Å². The topological polar surface area (TPSA) is 72.9 Å². The molecule has 2 amide bonds. The summed E-state index contributed by atoms with van der Waals surface area (Å²) in [5.41, 5.74) is 1.93. The van der Waals surface area contributed by atoms with Crippen molar-refractivity contribution in [1.82, 2.24) is 15.1 Å². The third-order valence-corrected chi connectivity index (χ3v) is 4.17. The molecular weight excluding hydrogens is 270 g/mol. The molecule has 6 nitrogen and oxygen atoms in total. The summed E-state index contributed by atoms with van der Waals surface area (Å²) < 4.78 is 0. The van der Waals surface area contributed by atoms with E-state index in [-0.39, 0.29) is 18.5 Å². The molecular formula is C15H19N3O3. The summed E-state index contributed by atoms with van der Waals surface area (Å²) in [4.78, 5) is 26.7. The Balaban J connectivity index is 1.67. The van der Waals surface area contributed by atoms with Crippen molar-refractivity contribution in [2.24, 2.45) is 0 Å². The molecule has 0 bridgehead atoms. The van der Waals surface area contributed by atoms with Crippen molar-refractivity contribution < 1.29 is 14.7 Å². The average molecular weight is 289 g/mol. The minimum absolute atomic E-state index is 0.0333. The van der Waals surface area contributed by atoms with E-state index in [2.05, 4.69) is 10.2 Å². The maximum atomic E-state index is 11.6. The Labute approximate surface area is 123 Å². The molecule has 112 valence electrons. The molecule has 2 heterocycles. The number of aliphatic carboxylic acids is 1. The Kier molecular flexibility index (Phi) is 3.79. The molecule has 2 fully saturated rings. The molecule has 6 heteroatoms. The Morgan fingerprint density at radius 2 is 2.05 bits per heavy atom. The Morgan fingerprint density at radius 3 is 2.81 bits per heavy atom. The average Bonchev–Trinajstić information content (AvgIpc) is 2.82. The van der Waals surface area contributed by atoms with Crippen LogP contribution in [0.1, 0.15) is 11.1 Å². The van der Waals surface area contributed by atoms with Gasteiger partial charge in [-0.1, -0.05) is 24.3 Å². The molecule has 21 heavy (non-hydrogen) atoms. The number of nitrogens with one attached hydrogen (secondary N) is 1. The third kappa shape index (κ3) is 3.00. The van der Waals surface area contributed by atoms with Gasteiger partial charge < -0.3 is 15.3 Å². The minimum atomic E-state index is -0.808. The van der Waals surface area contributed by atoms with Gasteiger partial charge in [-0.15, -0.1) is 0 Å². The highest BCUT2D eigenvalue weighted by atomic mass is 16.4. The number of piperazine rings is 1. The lowest BCUT2D eigenvalue weighted by atomic mass is 10.0. The van der Waals surface area contributed by atoms with Crippen LogP contribution < -0.4 is 5.32 Å². The van der Waals surface area contributed by atoms with Crippen LogP contribution in [0.4, 0.5) is 4.79 Å². The van der Waals surface area contributed by atoms with Gasteiger partial charge in [0.25, 0.3) is 0 Å². The number of carbonyl (C=O) groups excluding carboxylic acids is 1. The van der Waals surface area contributed by atoms with Crippen LogP contribution >= 0.6 is 0 Å². The number of benzene rings is 1. The smallest absolute Gasteiger partial charge is 0.317 e. The van der Waals surface area contributed by atoms with Gasteiger partial charge in [-0.2, -0.15) is 0 Å². The molecule has 1 aromatic rings. The van der Waals surface area contributed by atoms with Gasteiger partial charge in [0.15, 0.2) is 0 Å². The molecule has 1 unspecified atom stereocenters. The predicted molar refractivity (Wildman–Crippen MR) is 77.0 cm³/mol. The monoisotopic (exact) mass is 289 g/mol. The lowest BCUT2D eigenvalue weighted by Gasteiger charge is -2.36. The van der Waals surface area contributed by atoms with Crippen LogP contribution in [-0.4, -0.2) is 59.1 Å². The van der Waals surface area contributed by atoms with E-state index >= 15 is 0 Å². The normalized spacial score (nSPS) is 22.0. The number of carboxylic acid groups (broad SMARTS) is 1. The van der Waals surface area contributed by atoms with Gasteiger partial charge in [0.1, 0.15) is 0 Å². The van der Waals surface area contributed by atoms with Gasteiger partial charge in [-0.25, -0.2) is 4.79 Å². The number of hydrogen-bond donors (Lipinski definition) is 2. The van der Waals surface area contributed by atoms with E-state index in [4.69, 9.17) is 5.11 Å². The quantitative estimate of drug-likeness (QED) is 0.848. The van der Waals surface area contributed by atoms with Crippen molar-refractivity contribution in [3.8, 4) is 0 Å². The van der Waals surface area contributed by atoms with Crippen molar-refractivity contribution in [3.05, 3.63) is 35.4 Å². The highest BCUT2D eigenvalue weighted by molar-refractivity contribution is 5.77. The first kappa shape index (κ1) is 13.9. The minimum Gasteiger partial charge on any atom is -0.481 e. The standard InChI is InChI=1S/C15H19N3O3/c19-14(20)7-11-3-1-2-4-12(11)9-17-5-6-18-13(10-17)8-16-15(18)21/h1-4,13H,5-10H2,(H,16,21)(H,19,20). The number of rotatable bonds is 4. The number of hydrogen-bond acceptors (Lipinski definition) is 3. The van der Waals surface area contributed by atoms with E-state index in [9.17, 15) is 9.59 Å². The Bertz CT molecular complexity index is 561. The van der Waals surface area contributed by atoms with E-state index in [0.717, 1.165) is 37.3 Å². The number of carbonyl (C=O) groups is 2. The molecule has 0 radical (unpaired) electrons. The van der Waals surface area contributed by atoms with Crippen LogP contribution in [0.2, 0.25) is 0 Å². The number of nitrogens with zero attached hydrogens (tertiary/aromatic N) is 2. The van der Waals surface area contributed by atoms with E-state index in [1.807, 2.05) is 29.2 Å². The molecule has 2 N–H and O–H groups in total. The predicted octanol–water partition coefficient (Wildman–Crippen LogP) is 0.523. The number of amides is 2. The highest BCUT2D eigenvalue weighted by Gasteiger charge is 2.35. The number of urea groups is 1. The first-order valence-electron chi connectivity index (χ1n) is 7.19. The van der Waals surface area contributed by atoms with Crippen LogP contribution in [0.3, 0.4) is 0 Å². The fraction of sp³-hybridized carbons (Fsp3) is 0.467. The first-order chi connectivity index (χ1) is 10.1. The second-order valence-electron chi connectivity index (χ2n) is 5.61. The van der Waals surface area contributed by atoms with Crippen LogP contribution in [-0.2, 0) is 17.8 Å². The second kappa shape index (κ2) is 5.73. The molecule has 3 rings (SSSR count). The zero-order valence-electron chi connectivity index (χ0n) is 11.8. The van der Waals surface area contributed by atoms with Crippen LogP contribution in [0, 0.1) is 0 Å². The van der Waals surface area contributed by atoms with Gasteiger partial charge in [-0.05, 0) is 11.1 Å². The largest absolute Gasteiger partial charge is 0.481 e. The molecule has 2 aliphatic rings. The lowest BCUT2D eigenvalue weighted by molar-refractivity contribution is -0.136. The van der Waals surface area contributed by atoms with Crippen LogP contribution in [0.15, 0.2) is 24.3 Å². The van der Waals surface area contributed by atoms with Gasteiger partial charge in [0.05, 0.1) is 12.5 Å². The van der Waals surface area contributed by atoms with Crippen molar-refractivity contribution in [2.45, 2.75) is 19.0 Å². The van der Waals surface area contributed by atoms with E-state index in [1.165, 1.54) is 0 Å². The summed E-state index contributed by atoms with van der Waals surface area (Å²) in [6, 6.07) is 7.95. The maximum absolute atomic E-state index is 11.6. The summed E-state index contributed by atoms with van der Waals surface area (Å²) in [7, 11) is 0. The summed E-state index contributed by atoms with van der Waals surface area (Å²) in [5, 5.41) is 11.8.